The van der Waals surface area contributed by atoms with Gasteiger partial charge in [-0.3, -0.25) is 4.79 Å². The lowest BCUT2D eigenvalue weighted by Crippen LogP contribution is -2.24. The summed E-state index contributed by atoms with van der Waals surface area (Å²) < 4.78 is 1.59. The number of para-hydroxylation sites is 1. The minimum atomic E-state index is -0.218. The molecule has 0 aliphatic heterocycles. The van der Waals surface area contributed by atoms with Crippen LogP contribution >= 0.6 is 11.6 Å². The summed E-state index contributed by atoms with van der Waals surface area (Å²) in [5, 5.41) is 7.68. The molecule has 0 fully saturated rings. The third-order valence-electron chi connectivity index (χ3n) is 4.17. The molecule has 0 spiro atoms. The summed E-state index contributed by atoms with van der Waals surface area (Å²) in [4.78, 5) is 12.6. The molecule has 5 heteroatoms. The molecular formula is C20H20ClN3O. The van der Waals surface area contributed by atoms with E-state index in [0.717, 1.165) is 16.8 Å². The third kappa shape index (κ3) is 3.59. The second kappa shape index (κ2) is 7.11. The van der Waals surface area contributed by atoms with E-state index in [1.165, 1.54) is 5.56 Å². The Morgan fingerprint density at radius 3 is 2.52 bits per heavy atom. The molecule has 25 heavy (non-hydrogen) atoms. The molecule has 0 radical (unpaired) electrons. The summed E-state index contributed by atoms with van der Waals surface area (Å²) in [6.07, 6.45) is 0. The van der Waals surface area contributed by atoms with E-state index in [2.05, 4.69) is 23.4 Å². The number of hydrogen-bond acceptors (Lipinski definition) is 2. The van der Waals surface area contributed by atoms with Crippen molar-refractivity contribution in [2.24, 2.45) is 0 Å². The van der Waals surface area contributed by atoms with Gasteiger partial charge in [0.1, 0.15) is 5.15 Å². The fraction of sp³-hybridized carbons (Fsp3) is 0.200. The molecule has 2 aromatic carbocycles. The van der Waals surface area contributed by atoms with Crippen molar-refractivity contribution in [2.75, 3.05) is 0 Å². The Morgan fingerprint density at radius 1 is 1.12 bits per heavy atom. The van der Waals surface area contributed by atoms with Crippen molar-refractivity contribution in [3.8, 4) is 5.69 Å². The fourth-order valence-electron chi connectivity index (χ4n) is 2.81. The Morgan fingerprint density at radius 2 is 1.84 bits per heavy atom. The number of amides is 1. The molecule has 0 bridgehead atoms. The molecule has 128 valence electrons. The quantitative estimate of drug-likeness (QED) is 0.756. The fourth-order valence-corrected chi connectivity index (χ4v) is 3.16. The van der Waals surface area contributed by atoms with E-state index >= 15 is 0 Å². The Balaban J connectivity index is 1.82. The van der Waals surface area contributed by atoms with Crippen LogP contribution in [-0.4, -0.2) is 15.7 Å². The number of halogens is 1. The van der Waals surface area contributed by atoms with E-state index in [9.17, 15) is 4.79 Å². The van der Waals surface area contributed by atoms with Crippen LogP contribution < -0.4 is 5.32 Å². The predicted octanol–water partition coefficient (Wildman–Crippen LogP) is 4.38. The van der Waals surface area contributed by atoms with Crippen LogP contribution in [0.3, 0.4) is 0 Å². The van der Waals surface area contributed by atoms with Gasteiger partial charge in [-0.1, -0.05) is 53.6 Å². The van der Waals surface area contributed by atoms with Gasteiger partial charge in [0.15, 0.2) is 0 Å². The molecule has 0 aliphatic rings. The average molecular weight is 354 g/mol. The van der Waals surface area contributed by atoms with E-state index in [-0.39, 0.29) is 5.91 Å². The topological polar surface area (TPSA) is 46.9 Å². The van der Waals surface area contributed by atoms with E-state index in [1.807, 2.05) is 49.4 Å². The maximum Gasteiger partial charge on any atom is 0.256 e. The Kier molecular flexibility index (Phi) is 4.91. The maximum atomic E-state index is 12.6. The van der Waals surface area contributed by atoms with Gasteiger partial charge in [0.2, 0.25) is 0 Å². The smallest absolute Gasteiger partial charge is 0.256 e. The molecule has 0 unspecified atom stereocenters. The number of rotatable bonds is 4. The lowest BCUT2D eigenvalue weighted by Gasteiger charge is -2.09. The highest BCUT2D eigenvalue weighted by Crippen LogP contribution is 2.23. The number of nitrogens with one attached hydrogen (secondary N) is 1. The summed E-state index contributed by atoms with van der Waals surface area (Å²) in [5.41, 5.74) is 5.29. The van der Waals surface area contributed by atoms with Crippen molar-refractivity contribution < 1.29 is 4.79 Å². The number of hydrogen-bond donors (Lipinski definition) is 1. The van der Waals surface area contributed by atoms with Gasteiger partial charge >= 0.3 is 0 Å². The minimum absolute atomic E-state index is 0.218. The van der Waals surface area contributed by atoms with Crippen LogP contribution in [0.15, 0.2) is 48.5 Å². The Bertz CT molecular complexity index is 916. The Hall–Kier alpha value is -2.59. The maximum absolute atomic E-state index is 12.6. The number of aryl methyl sites for hydroxylation is 3. The first-order valence-electron chi connectivity index (χ1n) is 8.12. The van der Waals surface area contributed by atoms with E-state index in [1.54, 1.807) is 11.6 Å². The zero-order chi connectivity index (χ0) is 18.0. The molecule has 1 heterocycles. The van der Waals surface area contributed by atoms with Crippen LogP contribution in [0.4, 0.5) is 0 Å². The molecule has 1 N–H and O–H groups in total. The highest BCUT2D eigenvalue weighted by atomic mass is 35.5. The lowest BCUT2D eigenvalue weighted by atomic mass is 10.1. The van der Waals surface area contributed by atoms with Crippen molar-refractivity contribution >= 4 is 17.5 Å². The molecule has 4 nitrogen and oxygen atoms in total. The van der Waals surface area contributed by atoms with Crippen LogP contribution in [0.1, 0.15) is 32.7 Å². The summed E-state index contributed by atoms with van der Waals surface area (Å²) in [5.74, 6) is -0.218. The molecule has 0 aliphatic carbocycles. The predicted molar refractivity (Wildman–Crippen MR) is 100 cm³/mol. The molecule has 1 amide bonds. The SMILES string of the molecule is Cc1ccc(CNC(=O)c2c(C)nn(-c3ccccc3)c2Cl)c(C)c1. The van der Waals surface area contributed by atoms with Crippen molar-refractivity contribution in [3.63, 3.8) is 0 Å². The standard InChI is InChI=1S/C20H20ClN3O/c1-13-9-10-16(14(2)11-13)12-22-20(25)18-15(3)23-24(19(18)21)17-7-5-4-6-8-17/h4-11H,12H2,1-3H3,(H,22,25). The molecule has 1 aromatic heterocycles. The van der Waals surface area contributed by atoms with Gasteiger partial charge in [-0.05, 0) is 44.0 Å². The van der Waals surface area contributed by atoms with Gasteiger partial charge in [0.25, 0.3) is 5.91 Å². The van der Waals surface area contributed by atoms with Gasteiger partial charge in [-0.15, -0.1) is 0 Å². The number of aromatic nitrogens is 2. The molecular weight excluding hydrogens is 334 g/mol. The first-order valence-corrected chi connectivity index (χ1v) is 8.50. The van der Waals surface area contributed by atoms with Gasteiger partial charge in [-0.25, -0.2) is 4.68 Å². The average Bonchev–Trinajstić information content (AvgIpc) is 2.89. The Labute approximate surface area is 152 Å². The first kappa shape index (κ1) is 17.2. The molecule has 3 rings (SSSR count). The van der Waals surface area contributed by atoms with Gasteiger partial charge in [0, 0.05) is 6.54 Å². The third-order valence-corrected chi connectivity index (χ3v) is 4.52. The molecule has 0 saturated heterocycles. The van der Waals surface area contributed by atoms with Gasteiger partial charge < -0.3 is 5.32 Å². The first-order chi connectivity index (χ1) is 12.0. The van der Waals surface area contributed by atoms with E-state index in [0.29, 0.717) is 23.0 Å². The molecule has 3 aromatic rings. The van der Waals surface area contributed by atoms with Crippen molar-refractivity contribution in [1.29, 1.82) is 0 Å². The van der Waals surface area contributed by atoms with Crippen LogP contribution in [0.5, 0.6) is 0 Å². The number of benzene rings is 2. The second-order valence-corrected chi connectivity index (χ2v) is 6.47. The zero-order valence-electron chi connectivity index (χ0n) is 14.5. The molecule has 0 atom stereocenters. The van der Waals surface area contributed by atoms with E-state index in [4.69, 9.17) is 11.6 Å². The summed E-state index contributed by atoms with van der Waals surface area (Å²) in [6, 6.07) is 15.7. The van der Waals surface area contributed by atoms with Crippen LogP contribution in [0, 0.1) is 20.8 Å². The van der Waals surface area contributed by atoms with Crippen molar-refractivity contribution in [1.82, 2.24) is 15.1 Å². The van der Waals surface area contributed by atoms with Crippen LogP contribution in [-0.2, 0) is 6.54 Å². The summed E-state index contributed by atoms with van der Waals surface area (Å²) >= 11 is 6.43. The summed E-state index contributed by atoms with van der Waals surface area (Å²) in [6.45, 7) is 6.34. The number of nitrogens with zero attached hydrogens (tertiary/aromatic N) is 2. The highest BCUT2D eigenvalue weighted by molar-refractivity contribution is 6.33. The number of carbonyl (C=O) groups is 1. The van der Waals surface area contributed by atoms with Crippen LogP contribution in [0.25, 0.3) is 5.69 Å². The van der Waals surface area contributed by atoms with Crippen LogP contribution in [0.2, 0.25) is 5.15 Å². The lowest BCUT2D eigenvalue weighted by molar-refractivity contribution is 0.0950. The normalized spacial score (nSPS) is 10.7. The van der Waals surface area contributed by atoms with Crippen molar-refractivity contribution in [2.45, 2.75) is 27.3 Å². The van der Waals surface area contributed by atoms with Crippen molar-refractivity contribution in [3.05, 3.63) is 81.6 Å². The minimum Gasteiger partial charge on any atom is -0.348 e. The summed E-state index contributed by atoms with van der Waals surface area (Å²) in [7, 11) is 0. The number of carbonyl (C=O) groups excluding carboxylic acids is 1. The largest absolute Gasteiger partial charge is 0.348 e. The van der Waals surface area contributed by atoms with E-state index < -0.39 is 0 Å². The van der Waals surface area contributed by atoms with Gasteiger partial charge in [-0.2, -0.15) is 5.10 Å². The monoisotopic (exact) mass is 353 g/mol. The molecule has 0 saturated carbocycles. The zero-order valence-corrected chi connectivity index (χ0v) is 15.3. The second-order valence-electron chi connectivity index (χ2n) is 6.11. The van der Waals surface area contributed by atoms with Gasteiger partial charge in [0.05, 0.1) is 16.9 Å². The highest BCUT2D eigenvalue weighted by Gasteiger charge is 2.21.